The molecule has 5 nitrogen and oxygen atoms in total. The lowest BCUT2D eigenvalue weighted by Gasteiger charge is -2.11. The Balaban J connectivity index is 2.90. The van der Waals surface area contributed by atoms with Crippen LogP contribution in [0.3, 0.4) is 0 Å². The molecule has 0 spiro atoms. The fraction of sp³-hybridized carbons (Fsp3) is 0.357. The highest BCUT2D eigenvalue weighted by molar-refractivity contribution is 7.91. The number of carbonyl (C=O) groups excluding carboxylic acids is 1. The maximum atomic E-state index is 12.1. The summed E-state index contributed by atoms with van der Waals surface area (Å²) in [5, 5.41) is 9.68. The minimum Gasteiger partial charge on any atom is -0.508 e. The highest BCUT2D eigenvalue weighted by Crippen LogP contribution is 2.28. The first-order chi connectivity index (χ1) is 9.27. The quantitative estimate of drug-likeness (QED) is 0.642. The fourth-order valence-corrected chi connectivity index (χ4v) is 2.74. The molecule has 0 heterocycles. The maximum Gasteiger partial charge on any atom is 0.330 e. The molecule has 110 valence electrons. The molecule has 1 rings (SSSR count). The summed E-state index contributed by atoms with van der Waals surface area (Å²) in [6.07, 6.45) is 0.976. The van der Waals surface area contributed by atoms with Gasteiger partial charge in [0.1, 0.15) is 12.4 Å². The smallest absolute Gasteiger partial charge is 0.330 e. The summed E-state index contributed by atoms with van der Waals surface area (Å²) in [6, 6.07) is 4.15. The maximum absolute atomic E-state index is 12.1. The van der Waals surface area contributed by atoms with Crippen molar-refractivity contribution in [1.29, 1.82) is 0 Å². The van der Waals surface area contributed by atoms with Crippen LogP contribution in [0.25, 0.3) is 0 Å². The van der Waals surface area contributed by atoms with E-state index in [1.54, 1.807) is 0 Å². The highest BCUT2D eigenvalue weighted by Gasteiger charge is 2.18. The van der Waals surface area contributed by atoms with E-state index in [-0.39, 0.29) is 28.9 Å². The Hall–Kier alpha value is -1.82. The van der Waals surface area contributed by atoms with E-state index in [4.69, 9.17) is 0 Å². The number of ether oxygens (including phenoxy) is 1. The summed E-state index contributed by atoms with van der Waals surface area (Å²) in [6.45, 7) is 6.71. The van der Waals surface area contributed by atoms with Crippen LogP contribution in [0, 0.1) is 0 Å². The highest BCUT2D eigenvalue weighted by atomic mass is 32.2. The first-order valence-electron chi connectivity index (χ1n) is 6.12. The number of sulfone groups is 1. The molecule has 0 aliphatic rings. The average Bonchev–Trinajstić information content (AvgIpc) is 2.38. The van der Waals surface area contributed by atoms with Crippen LogP contribution in [0.4, 0.5) is 0 Å². The molecule has 20 heavy (non-hydrogen) atoms. The van der Waals surface area contributed by atoms with Crippen molar-refractivity contribution in [2.75, 3.05) is 12.4 Å². The Morgan fingerprint density at radius 1 is 1.45 bits per heavy atom. The van der Waals surface area contributed by atoms with Crippen LogP contribution in [0.2, 0.25) is 0 Å². The third kappa shape index (κ3) is 4.09. The second-order valence-electron chi connectivity index (χ2n) is 4.57. The monoisotopic (exact) mass is 298 g/mol. The molecule has 1 N–H and O–H groups in total. The molecule has 0 amide bonds. The van der Waals surface area contributed by atoms with Gasteiger partial charge in [0.2, 0.25) is 0 Å². The van der Waals surface area contributed by atoms with Crippen LogP contribution in [-0.4, -0.2) is 31.9 Å². The predicted octanol–water partition coefficient (Wildman–Crippen LogP) is 2.02. The van der Waals surface area contributed by atoms with Gasteiger partial charge in [0.05, 0.1) is 10.6 Å². The number of phenolic OH excluding ortho intramolecular Hbond substituents is 1. The van der Waals surface area contributed by atoms with Gasteiger partial charge in [0.25, 0.3) is 0 Å². The zero-order valence-electron chi connectivity index (χ0n) is 11.5. The summed E-state index contributed by atoms with van der Waals surface area (Å²) < 4.78 is 28.8. The third-order valence-corrected chi connectivity index (χ3v) is 4.42. The summed E-state index contributed by atoms with van der Waals surface area (Å²) in [4.78, 5) is 11.0. The van der Waals surface area contributed by atoms with Crippen molar-refractivity contribution >= 4 is 15.8 Å². The minimum atomic E-state index is -3.56. The van der Waals surface area contributed by atoms with Crippen molar-refractivity contribution in [1.82, 2.24) is 0 Å². The van der Waals surface area contributed by atoms with Gasteiger partial charge in [-0.05, 0) is 29.7 Å². The number of phenols is 1. The molecule has 0 aromatic heterocycles. The van der Waals surface area contributed by atoms with Gasteiger partial charge in [0.15, 0.2) is 9.84 Å². The van der Waals surface area contributed by atoms with E-state index in [1.165, 1.54) is 18.2 Å². The van der Waals surface area contributed by atoms with Crippen molar-refractivity contribution < 1.29 is 23.1 Å². The summed E-state index contributed by atoms with van der Waals surface area (Å²) >= 11 is 0. The molecule has 0 aliphatic carbocycles. The van der Waals surface area contributed by atoms with Gasteiger partial charge < -0.3 is 9.84 Å². The normalized spacial score (nSPS) is 11.3. The molecule has 0 saturated carbocycles. The average molecular weight is 298 g/mol. The topological polar surface area (TPSA) is 80.7 Å². The zero-order valence-corrected chi connectivity index (χ0v) is 12.3. The van der Waals surface area contributed by atoms with Gasteiger partial charge in [0, 0.05) is 6.08 Å². The summed E-state index contributed by atoms with van der Waals surface area (Å²) in [5.74, 6) is -0.899. The van der Waals surface area contributed by atoms with Crippen LogP contribution in [-0.2, 0) is 19.4 Å². The molecule has 6 heteroatoms. The molecule has 1 aromatic carbocycles. The van der Waals surface area contributed by atoms with Gasteiger partial charge in [-0.2, -0.15) is 0 Å². The van der Waals surface area contributed by atoms with E-state index in [9.17, 15) is 18.3 Å². The van der Waals surface area contributed by atoms with Crippen molar-refractivity contribution in [2.45, 2.75) is 24.7 Å². The van der Waals surface area contributed by atoms with Crippen LogP contribution < -0.4 is 0 Å². The zero-order chi connectivity index (χ0) is 15.3. The van der Waals surface area contributed by atoms with Gasteiger partial charge >= 0.3 is 5.97 Å². The number of carbonyl (C=O) groups is 1. The first-order valence-corrected chi connectivity index (χ1v) is 7.78. The Labute approximate surface area is 118 Å². The molecule has 0 radical (unpaired) electrons. The first kappa shape index (κ1) is 16.2. The van der Waals surface area contributed by atoms with E-state index in [1.807, 2.05) is 13.8 Å². The predicted molar refractivity (Wildman–Crippen MR) is 75.4 cm³/mol. The Morgan fingerprint density at radius 2 is 2.10 bits per heavy atom. The second kappa shape index (κ2) is 6.56. The Morgan fingerprint density at radius 3 is 2.65 bits per heavy atom. The van der Waals surface area contributed by atoms with E-state index < -0.39 is 15.8 Å². The number of aromatic hydroxyl groups is 1. The van der Waals surface area contributed by atoms with Crippen LogP contribution >= 0.6 is 0 Å². The van der Waals surface area contributed by atoms with Crippen LogP contribution in [0.15, 0.2) is 35.7 Å². The third-order valence-electron chi connectivity index (χ3n) is 2.74. The van der Waals surface area contributed by atoms with Crippen molar-refractivity contribution in [3.63, 3.8) is 0 Å². The summed E-state index contributed by atoms with van der Waals surface area (Å²) in [5.41, 5.74) is 0.564. The Kier molecular flexibility index (Phi) is 5.33. The number of esters is 1. The lowest BCUT2D eigenvalue weighted by atomic mass is 10.0. The summed E-state index contributed by atoms with van der Waals surface area (Å²) in [7, 11) is -3.56. The molecule has 0 atom stereocenters. The minimum absolute atomic E-state index is 0.00347. The standard InChI is InChI=1S/C14H18O5S/c1-4-14(16)19-7-8-20(17,18)11-5-6-13(15)12(9-11)10(2)3/h4-6,9-10,15H,1,7-8H2,2-3H3. The Bertz CT molecular complexity index is 602. The number of benzene rings is 1. The largest absolute Gasteiger partial charge is 0.508 e. The van der Waals surface area contributed by atoms with E-state index in [0.29, 0.717) is 5.56 Å². The fourth-order valence-electron chi connectivity index (χ4n) is 1.62. The number of hydrogen-bond acceptors (Lipinski definition) is 5. The van der Waals surface area contributed by atoms with Gasteiger partial charge in [-0.3, -0.25) is 0 Å². The molecule has 0 saturated heterocycles. The van der Waals surface area contributed by atoms with Gasteiger partial charge in [-0.25, -0.2) is 13.2 Å². The van der Waals surface area contributed by atoms with Gasteiger partial charge in [-0.15, -0.1) is 0 Å². The van der Waals surface area contributed by atoms with E-state index in [2.05, 4.69) is 11.3 Å². The molecular formula is C14H18O5S. The lowest BCUT2D eigenvalue weighted by molar-refractivity contribution is -0.137. The SMILES string of the molecule is C=CC(=O)OCCS(=O)(=O)c1ccc(O)c(C(C)C)c1. The molecular weight excluding hydrogens is 280 g/mol. The second-order valence-corrected chi connectivity index (χ2v) is 6.67. The number of hydrogen-bond donors (Lipinski definition) is 1. The van der Waals surface area contributed by atoms with Crippen LogP contribution in [0.5, 0.6) is 5.75 Å². The van der Waals surface area contributed by atoms with Crippen LogP contribution in [0.1, 0.15) is 25.3 Å². The van der Waals surface area contributed by atoms with Gasteiger partial charge in [-0.1, -0.05) is 20.4 Å². The molecule has 0 aliphatic heterocycles. The molecule has 0 unspecified atom stereocenters. The molecule has 0 fully saturated rings. The van der Waals surface area contributed by atoms with Crippen molar-refractivity contribution in [2.24, 2.45) is 0 Å². The van der Waals surface area contributed by atoms with Crippen molar-refractivity contribution in [3.8, 4) is 5.75 Å². The number of rotatable bonds is 6. The van der Waals surface area contributed by atoms with Crippen molar-refractivity contribution in [3.05, 3.63) is 36.4 Å². The lowest BCUT2D eigenvalue weighted by Crippen LogP contribution is -2.15. The molecule has 1 aromatic rings. The van der Waals surface area contributed by atoms with E-state index in [0.717, 1.165) is 6.08 Å². The van der Waals surface area contributed by atoms with E-state index >= 15 is 0 Å². The molecule has 0 bridgehead atoms.